The molecule has 0 bridgehead atoms. The van der Waals surface area contributed by atoms with Gasteiger partial charge < -0.3 is 0 Å². The first-order valence-electron chi connectivity index (χ1n) is 1.30. The summed E-state index contributed by atoms with van der Waals surface area (Å²) in [5.74, 6) is 0. The minimum atomic E-state index is 1.24. The summed E-state index contributed by atoms with van der Waals surface area (Å²) >= 11 is 1.84. The fourth-order valence-electron chi connectivity index (χ4n) is 0. The van der Waals surface area contributed by atoms with E-state index in [1.807, 2.05) is 22.3 Å². The zero-order valence-corrected chi connectivity index (χ0v) is 5.28. The molecule has 0 nitrogen and oxygen atoms in total. The van der Waals surface area contributed by atoms with Gasteiger partial charge >= 0.3 is 40.1 Å². The van der Waals surface area contributed by atoms with Gasteiger partial charge in [-0.25, -0.2) is 0 Å². The first kappa shape index (κ1) is 4.79. The van der Waals surface area contributed by atoms with Crippen molar-refractivity contribution in [3.8, 4) is 0 Å². The predicted molar refractivity (Wildman–Crippen MR) is 21.9 cm³/mol. The standard InChI is InChI=1S/C3H7Te/c1-2-3-4/h2,4H,3H2,1H3. The fourth-order valence-corrected chi connectivity index (χ4v) is 0. The van der Waals surface area contributed by atoms with Crippen LogP contribution in [0.4, 0.5) is 0 Å². The van der Waals surface area contributed by atoms with Crippen LogP contribution in [-0.4, -0.2) is 22.3 Å². The van der Waals surface area contributed by atoms with Gasteiger partial charge in [-0.05, 0) is 0 Å². The quantitative estimate of drug-likeness (QED) is 0.504. The summed E-state index contributed by atoms with van der Waals surface area (Å²) in [5.41, 5.74) is 0. The van der Waals surface area contributed by atoms with Crippen LogP contribution in [0.15, 0.2) is 0 Å². The van der Waals surface area contributed by atoms with E-state index in [0.717, 1.165) is 0 Å². The zero-order chi connectivity index (χ0) is 3.41. The van der Waals surface area contributed by atoms with Gasteiger partial charge in [0.2, 0.25) is 0 Å². The first-order valence-corrected chi connectivity index (χ1v) is 3.11. The molecule has 0 aromatic carbocycles. The third-order valence-corrected chi connectivity index (χ3v) is 1.22. The molecule has 0 aromatic rings. The van der Waals surface area contributed by atoms with E-state index < -0.39 is 0 Å². The normalized spacial score (nSPS) is 7.50. The Kier molecular flexibility index (Phi) is 4.54. The van der Waals surface area contributed by atoms with Crippen molar-refractivity contribution in [2.45, 2.75) is 11.4 Å². The van der Waals surface area contributed by atoms with E-state index in [-0.39, 0.29) is 0 Å². The van der Waals surface area contributed by atoms with Crippen LogP contribution >= 0.6 is 0 Å². The summed E-state index contributed by atoms with van der Waals surface area (Å²) in [6, 6.07) is 0. The van der Waals surface area contributed by atoms with Crippen LogP contribution in [0.5, 0.6) is 0 Å². The molecule has 0 saturated heterocycles. The predicted octanol–water partition coefficient (Wildman–Crippen LogP) is 0.530. The summed E-state index contributed by atoms with van der Waals surface area (Å²) in [4.78, 5) is 0. The van der Waals surface area contributed by atoms with Gasteiger partial charge in [-0.1, -0.05) is 0 Å². The Balaban J connectivity index is 1.97. The molecule has 0 saturated carbocycles. The molecular formula is C3H7Te. The van der Waals surface area contributed by atoms with Gasteiger partial charge in [0.1, 0.15) is 0 Å². The molecule has 1 radical (unpaired) electrons. The summed E-state index contributed by atoms with van der Waals surface area (Å²) in [6.07, 6.45) is 2.15. The second-order valence-corrected chi connectivity index (χ2v) is 1.63. The Morgan fingerprint density at radius 2 is 2.25 bits per heavy atom. The van der Waals surface area contributed by atoms with Crippen LogP contribution in [0.3, 0.4) is 0 Å². The third kappa shape index (κ3) is 2.79. The zero-order valence-electron chi connectivity index (χ0n) is 2.73. The monoisotopic (exact) mass is 173 g/mol. The Hall–Kier alpha value is 0.790. The summed E-state index contributed by atoms with van der Waals surface area (Å²) in [6.45, 7) is 2.07. The molecule has 0 aliphatic heterocycles. The molecule has 0 amide bonds. The van der Waals surface area contributed by atoms with Crippen LogP contribution in [0, 0.1) is 6.42 Å². The molecule has 0 N–H and O–H groups in total. The molecule has 0 heterocycles. The Bertz CT molecular complexity index is 5.25. The molecule has 0 atom stereocenters. The fraction of sp³-hybridized carbons (Fsp3) is 0.667. The molecule has 0 aliphatic carbocycles. The van der Waals surface area contributed by atoms with Gasteiger partial charge in [0.15, 0.2) is 0 Å². The topological polar surface area (TPSA) is 0 Å². The summed E-state index contributed by atoms with van der Waals surface area (Å²) in [7, 11) is 0. The van der Waals surface area contributed by atoms with E-state index in [4.69, 9.17) is 0 Å². The van der Waals surface area contributed by atoms with Crippen molar-refractivity contribution in [2.75, 3.05) is 0 Å². The van der Waals surface area contributed by atoms with E-state index in [2.05, 4.69) is 13.3 Å². The molecule has 1 heteroatoms. The third-order valence-electron chi connectivity index (χ3n) is 0.183. The Labute approximate surface area is 40.5 Å². The summed E-state index contributed by atoms with van der Waals surface area (Å²) in [5, 5.41) is 0. The van der Waals surface area contributed by atoms with Crippen LogP contribution in [0.2, 0.25) is 4.47 Å². The van der Waals surface area contributed by atoms with Crippen molar-refractivity contribution in [1.29, 1.82) is 0 Å². The van der Waals surface area contributed by atoms with Gasteiger partial charge in [0, 0.05) is 0 Å². The Morgan fingerprint density at radius 3 is 2.25 bits per heavy atom. The second-order valence-electron chi connectivity index (χ2n) is 0.591. The van der Waals surface area contributed by atoms with E-state index in [1.165, 1.54) is 4.47 Å². The van der Waals surface area contributed by atoms with E-state index in [9.17, 15) is 0 Å². The molecule has 25 valence electrons. The maximum atomic E-state index is 2.15. The molecular weight excluding hydrogens is 164 g/mol. The molecule has 0 rings (SSSR count). The number of hydrogen-bond donors (Lipinski definition) is 0. The molecule has 4 heavy (non-hydrogen) atoms. The molecule has 0 aromatic heterocycles. The van der Waals surface area contributed by atoms with Gasteiger partial charge in [-0.15, -0.1) is 0 Å². The van der Waals surface area contributed by atoms with Crippen LogP contribution in [0.1, 0.15) is 6.92 Å². The summed E-state index contributed by atoms with van der Waals surface area (Å²) < 4.78 is 1.24. The Morgan fingerprint density at radius 1 is 2.00 bits per heavy atom. The van der Waals surface area contributed by atoms with Crippen molar-refractivity contribution in [3.05, 3.63) is 6.42 Å². The minimum absolute atomic E-state index is 1.24. The molecule has 0 aliphatic rings. The van der Waals surface area contributed by atoms with Crippen LogP contribution in [0.25, 0.3) is 0 Å². The first-order chi connectivity index (χ1) is 1.91. The van der Waals surface area contributed by atoms with E-state index >= 15 is 0 Å². The van der Waals surface area contributed by atoms with Crippen molar-refractivity contribution >= 4 is 22.3 Å². The average molecular weight is 171 g/mol. The van der Waals surface area contributed by atoms with Gasteiger partial charge in [-0.2, -0.15) is 0 Å². The van der Waals surface area contributed by atoms with E-state index in [0.29, 0.717) is 0 Å². The number of hydrogen-bond acceptors (Lipinski definition) is 0. The van der Waals surface area contributed by atoms with E-state index in [1.54, 1.807) is 0 Å². The molecule has 0 fully saturated rings. The van der Waals surface area contributed by atoms with Crippen molar-refractivity contribution in [2.24, 2.45) is 0 Å². The molecule has 0 unspecified atom stereocenters. The van der Waals surface area contributed by atoms with Gasteiger partial charge in [0.05, 0.1) is 0 Å². The second kappa shape index (κ2) is 3.79. The SMILES string of the molecule is C[CH]C[TeH]. The van der Waals surface area contributed by atoms with Crippen LogP contribution < -0.4 is 0 Å². The van der Waals surface area contributed by atoms with Crippen molar-refractivity contribution in [1.82, 2.24) is 0 Å². The van der Waals surface area contributed by atoms with Crippen molar-refractivity contribution < 1.29 is 0 Å². The van der Waals surface area contributed by atoms with Gasteiger partial charge in [0.25, 0.3) is 0 Å². The van der Waals surface area contributed by atoms with Crippen LogP contribution in [-0.2, 0) is 0 Å². The maximum absolute atomic E-state index is 2.15. The molecule has 0 spiro atoms. The number of rotatable bonds is 1. The van der Waals surface area contributed by atoms with Gasteiger partial charge in [-0.3, -0.25) is 0 Å². The van der Waals surface area contributed by atoms with Crippen molar-refractivity contribution in [3.63, 3.8) is 0 Å². The average Bonchev–Trinajstić information content (AvgIpc) is 1.37.